The van der Waals surface area contributed by atoms with Crippen LogP contribution in [0.25, 0.3) is 0 Å². The van der Waals surface area contributed by atoms with Gasteiger partial charge in [-0.1, -0.05) is 87.4 Å². The third-order valence-corrected chi connectivity index (χ3v) is 4.40. The first-order valence-electron chi connectivity index (χ1n) is 10.5. The Bertz CT molecular complexity index is 788. The summed E-state index contributed by atoms with van der Waals surface area (Å²) in [6, 6.07) is 19.5. The second-order valence-electron chi connectivity index (χ2n) is 6.92. The average molecular weight is 407 g/mol. The summed E-state index contributed by atoms with van der Waals surface area (Å²) in [5, 5.41) is 8.52. The standard InChI is InChI=1S/C24H30N4O2/c1-3-11-21(19-13-7-5-8-14-19)25-27-23(29)17-18-24(30)28-26-22(12-4-2)20-15-9-6-10-16-20/h5-10,13-16H,3-4,11-12,17-18H2,1-2H3,(H,27,29)(H,28,30)/b25-21+,26-22+. The molecule has 2 rings (SSSR count). The molecule has 0 unspecified atom stereocenters. The lowest BCUT2D eigenvalue weighted by Gasteiger charge is -2.07. The van der Waals surface area contributed by atoms with E-state index in [-0.39, 0.29) is 24.7 Å². The summed E-state index contributed by atoms with van der Waals surface area (Å²) in [6.45, 7) is 4.13. The van der Waals surface area contributed by atoms with Crippen LogP contribution in [0.3, 0.4) is 0 Å². The van der Waals surface area contributed by atoms with Gasteiger partial charge in [-0.3, -0.25) is 9.59 Å². The SMILES string of the molecule is CCC/C(=N\NC(=O)CCC(=O)N/N=C(\CCC)c1ccccc1)c1ccccc1. The summed E-state index contributed by atoms with van der Waals surface area (Å²) in [5.41, 5.74) is 8.75. The minimum absolute atomic E-state index is 0.0491. The highest BCUT2D eigenvalue weighted by atomic mass is 16.2. The lowest BCUT2D eigenvalue weighted by molar-refractivity contribution is -0.126. The number of nitrogens with one attached hydrogen (secondary N) is 2. The van der Waals surface area contributed by atoms with E-state index in [9.17, 15) is 9.59 Å². The molecule has 0 atom stereocenters. The van der Waals surface area contributed by atoms with E-state index in [1.807, 2.05) is 60.7 Å². The van der Waals surface area contributed by atoms with Crippen LogP contribution in [0.1, 0.15) is 63.5 Å². The lowest BCUT2D eigenvalue weighted by atomic mass is 10.1. The maximum Gasteiger partial charge on any atom is 0.240 e. The van der Waals surface area contributed by atoms with Crippen molar-refractivity contribution in [3.05, 3.63) is 71.8 Å². The van der Waals surface area contributed by atoms with Gasteiger partial charge in [-0.2, -0.15) is 10.2 Å². The minimum atomic E-state index is -0.296. The van der Waals surface area contributed by atoms with Crippen LogP contribution in [0.5, 0.6) is 0 Å². The second kappa shape index (κ2) is 13.0. The molecule has 2 aromatic rings. The van der Waals surface area contributed by atoms with Crippen LogP contribution in [0.15, 0.2) is 70.9 Å². The van der Waals surface area contributed by atoms with E-state index in [1.54, 1.807) is 0 Å². The number of carbonyl (C=O) groups is 2. The van der Waals surface area contributed by atoms with Crippen molar-refractivity contribution in [3.63, 3.8) is 0 Å². The number of carbonyl (C=O) groups excluding carboxylic acids is 2. The second-order valence-corrected chi connectivity index (χ2v) is 6.92. The van der Waals surface area contributed by atoms with Crippen LogP contribution in [-0.2, 0) is 9.59 Å². The smallest absolute Gasteiger partial charge is 0.240 e. The van der Waals surface area contributed by atoms with E-state index in [1.165, 1.54) is 0 Å². The van der Waals surface area contributed by atoms with Gasteiger partial charge in [0.1, 0.15) is 0 Å². The summed E-state index contributed by atoms with van der Waals surface area (Å²) in [6.07, 6.45) is 3.47. The topological polar surface area (TPSA) is 82.9 Å². The number of benzene rings is 2. The molecule has 0 aliphatic heterocycles. The zero-order chi connectivity index (χ0) is 21.6. The Balaban J connectivity index is 1.86. The fourth-order valence-electron chi connectivity index (χ4n) is 2.86. The fraction of sp³-hybridized carbons (Fsp3) is 0.333. The predicted molar refractivity (Wildman–Crippen MR) is 121 cm³/mol. The zero-order valence-electron chi connectivity index (χ0n) is 17.7. The van der Waals surface area contributed by atoms with Crippen molar-refractivity contribution >= 4 is 23.2 Å². The summed E-state index contributed by atoms with van der Waals surface area (Å²) < 4.78 is 0. The number of rotatable bonds is 11. The molecule has 0 aliphatic carbocycles. The maximum atomic E-state index is 12.1. The van der Waals surface area contributed by atoms with E-state index in [4.69, 9.17) is 0 Å². The highest BCUT2D eigenvalue weighted by molar-refractivity contribution is 6.01. The molecule has 0 spiro atoms. The van der Waals surface area contributed by atoms with Crippen LogP contribution >= 0.6 is 0 Å². The molecule has 6 nitrogen and oxygen atoms in total. The summed E-state index contributed by atoms with van der Waals surface area (Å²) in [4.78, 5) is 24.2. The predicted octanol–water partition coefficient (Wildman–Crippen LogP) is 4.41. The summed E-state index contributed by atoms with van der Waals surface area (Å²) in [7, 11) is 0. The Hall–Kier alpha value is -3.28. The van der Waals surface area contributed by atoms with Crippen molar-refractivity contribution in [2.75, 3.05) is 0 Å². The van der Waals surface area contributed by atoms with Gasteiger partial charge in [0.15, 0.2) is 0 Å². The van der Waals surface area contributed by atoms with Crippen LogP contribution in [0.4, 0.5) is 0 Å². The molecule has 0 saturated heterocycles. The van der Waals surface area contributed by atoms with Gasteiger partial charge >= 0.3 is 0 Å². The van der Waals surface area contributed by atoms with Crippen molar-refractivity contribution in [2.24, 2.45) is 10.2 Å². The quantitative estimate of drug-likeness (QED) is 0.428. The molecule has 0 radical (unpaired) electrons. The molecular formula is C24H30N4O2. The Morgan fingerprint density at radius 2 is 1.00 bits per heavy atom. The van der Waals surface area contributed by atoms with E-state index in [2.05, 4.69) is 34.9 Å². The third-order valence-electron chi connectivity index (χ3n) is 4.40. The van der Waals surface area contributed by atoms with Gasteiger partial charge in [-0.05, 0) is 24.0 Å². The normalized spacial score (nSPS) is 11.8. The molecule has 0 aromatic heterocycles. The highest BCUT2D eigenvalue weighted by Crippen LogP contribution is 2.07. The average Bonchev–Trinajstić information content (AvgIpc) is 2.79. The summed E-state index contributed by atoms with van der Waals surface area (Å²) in [5.74, 6) is -0.592. The van der Waals surface area contributed by atoms with Gasteiger partial charge < -0.3 is 0 Å². The molecule has 2 aromatic carbocycles. The molecule has 6 heteroatoms. The zero-order valence-corrected chi connectivity index (χ0v) is 17.7. The molecular weight excluding hydrogens is 376 g/mol. The molecule has 158 valence electrons. The molecule has 0 aliphatic rings. The molecule has 0 fully saturated rings. The van der Waals surface area contributed by atoms with Crippen molar-refractivity contribution in [2.45, 2.75) is 52.4 Å². The third kappa shape index (κ3) is 7.99. The number of amides is 2. The van der Waals surface area contributed by atoms with Gasteiger partial charge in [0.25, 0.3) is 0 Å². The minimum Gasteiger partial charge on any atom is -0.273 e. The van der Waals surface area contributed by atoms with Crippen LogP contribution < -0.4 is 10.9 Å². The van der Waals surface area contributed by atoms with E-state index in [0.717, 1.165) is 48.2 Å². The van der Waals surface area contributed by atoms with Gasteiger partial charge in [-0.25, -0.2) is 10.9 Å². The first kappa shape index (κ1) is 23.0. The largest absolute Gasteiger partial charge is 0.273 e. The Morgan fingerprint density at radius 3 is 1.33 bits per heavy atom. The fourth-order valence-corrected chi connectivity index (χ4v) is 2.86. The lowest BCUT2D eigenvalue weighted by Crippen LogP contribution is -2.24. The molecule has 30 heavy (non-hydrogen) atoms. The van der Waals surface area contributed by atoms with Crippen LogP contribution in [0.2, 0.25) is 0 Å². The van der Waals surface area contributed by atoms with Crippen molar-refractivity contribution in [1.82, 2.24) is 10.9 Å². The maximum absolute atomic E-state index is 12.1. The van der Waals surface area contributed by atoms with Crippen molar-refractivity contribution in [3.8, 4) is 0 Å². The Kier molecular flexibility index (Phi) is 10.00. The Morgan fingerprint density at radius 1 is 0.633 bits per heavy atom. The molecule has 2 amide bonds. The number of hydrogen-bond acceptors (Lipinski definition) is 4. The van der Waals surface area contributed by atoms with Gasteiger partial charge in [0, 0.05) is 12.8 Å². The number of hydrogen-bond donors (Lipinski definition) is 2. The molecule has 0 bridgehead atoms. The molecule has 2 N–H and O–H groups in total. The Labute approximate surface area is 178 Å². The van der Waals surface area contributed by atoms with Crippen molar-refractivity contribution in [1.29, 1.82) is 0 Å². The molecule has 0 heterocycles. The highest BCUT2D eigenvalue weighted by Gasteiger charge is 2.09. The first-order valence-corrected chi connectivity index (χ1v) is 10.5. The van der Waals surface area contributed by atoms with Crippen LogP contribution in [0, 0.1) is 0 Å². The van der Waals surface area contributed by atoms with Gasteiger partial charge in [-0.15, -0.1) is 0 Å². The van der Waals surface area contributed by atoms with E-state index < -0.39 is 0 Å². The van der Waals surface area contributed by atoms with Crippen LogP contribution in [-0.4, -0.2) is 23.2 Å². The first-order chi connectivity index (χ1) is 14.6. The number of hydrazone groups is 2. The summed E-state index contributed by atoms with van der Waals surface area (Å²) >= 11 is 0. The van der Waals surface area contributed by atoms with E-state index in [0.29, 0.717) is 0 Å². The van der Waals surface area contributed by atoms with Gasteiger partial charge in [0.2, 0.25) is 11.8 Å². The molecule has 0 saturated carbocycles. The number of nitrogens with zero attached hydrogens (tertiary/aromatic N) is 2. The monoisotopic (exact) mass is 406 g/mol. The van der Waals surface area contributed by atoms with Crippen molar-refractivity contribution < 1.29 is 9.59 Å². The van der Waals surface area contributed by atoms with E-state index >= 15 is 0 Å². The van der Waals surface area contributed by atoms with Gasteiger partial charge in [0.05, 0.1) is 11.4 Å².